The third-order valence-electron chi connectivity index (χ3n) is 4.03. The molecule has 0 aromatic heterocycles. The first kappa shape index (κ1) is 16.7. The highest BCUT2D eigenvalue weighted by Crippen LogP contribution is 2.39. The maximum absolute atomic E-state index is 12.8. The maximum atomic E-state index is 12.8. The SMILES string of the molecule is CC(=O)OCCN1C(=O)NC2(CC(C)(C)NC(C)(C)C2)C1=O. The fraction of sp³-hybridized carbons (Fsp3) is 0.800. The van der Waals surface area contributed by atoms with Crippen molar-refractivity contribution in [2.75, 3.05) is 13.2 Å². The molecular formula is C15H25N3O4. The van der Waals surface area contributed by atoms with E-state index in [1.165, 1.54) is 6.92 Å². The average Bonchev–Trinajstić information content (AvgIpc) is 2.47. The van der Waals surface area contributed by atoms with E-state index in [1.54, 1.807) is 0 Å². The van der Waals surface area contributed by atoms with E-state index in [2.05, 4.69) is 10.6 Å². The molecule has 124 valence electrons. The van der Waals surface area contributed by atoms with Gasteiger partial charge in [0.2, 0.25) is 0 Å². The van der Waals surface area contributed by atoms with Crippen LogP contribution in [0.25, 0.3) is 0 Å². The number of piperidine rings is 1. The summed E-state index contributed by atoms with van der Waals surface area (Å²) in [6.07, 6.45) is 1.05. The summed E-state index contributed by atoms with van der Waals surface area (Å²) in [4.78, 5) is 37.0. The fourth-order valence-electron chi connectivity index (χ4n) is 3.98. The van der Waals surface area contributed by atoms with Gasteiger partial charge in [0.15, 0.2) is 0 Å². The molecule has 2 fully saturated rings. The van der Waals surface area contributed by atoms with Crippen LogP contribution >= 0.6 is 0 Å². The van der Waals surface area contributed by atoms with E-state index in [0.29, 0.717) is 12.8 Å². The lowest BCUT2D eigenvalue weighted by atomic mass is 9.71. The molecule has 0 atom stereocenters. The summed E-state index contributed by atoms with van der Waals surface area (Å²) in [6.45, 7) is 9.50. The summed E-state index contributed by atoms with van der Waals surface area (Å²) in [5.41, 5.74) is -1.42. The lowest BCUT2D eigenvalue weighted by molar-refractivity contribution is -0.143. The highest BCUT2D eigenvalue weighted by molar-refractivity contribution is 6.07. The number of rotatable bonds is 3. The van der Waals surface area contributed by atoms with Crippen LogP contribution in [0, 0.1) is 0 Å². The van der Waals surface area contributed by atoms with E-state index < -0.39 is 17.5 Å². The van der Waals surface area contributed by atoms with Gasteiger partial charge in [-0.2, -0.15) is 0 Å². The zero-order chi connectivity index (χ0) is 16.8. The van der Waals surface area contributed by atoms with Gasteiger partial charge in [-0.15, -0.1) is 0 Å². The summed E-state index contributed by atoms with van der Waals surface area (Å²) in [5, 5.41) is 6.38. The van der Waals surface area contributed by atoms with Crippen LogP contribution in [-0.2, 0) is 14.3 Å². The van der Waals surface area contributed by atoms with Gasteiger partial charge in [0.05, 0.1) is 6.54 Å². The van der Waals surface area contributed by atoms with Crippen molar-refractivity contribution in [1.82, 2.24) is 15.5 Å². The molecule has 0 bridgehead atoms. The molecule has 0 aromatic carbocycles. The fourth-order valence-corrected chi connectivity index (χ4v) is 3.98. The predicted molar refractivity (Wildman–Crippen MR) is 80.1 cm³/mol. The van der Waals surface area contributed by atoms with Crippen LogP contribution in [0.2, 0.25) is 0 Å². The molecular weight excluding hydrogens is 286 g/mol. The molecule has 2 aliphatic heterocycles. The molecule has 0 saturated carbocycles. The smallest absolute Gasteiger partial charge is 0.325 e. The number of urea groups is 1. The van der Waals surface area contributed by atoms with Gasteiger partial charge in [0.25, 0.3) is 5.91 Å². The molecule has 0 unspecified atom stereocenters. The minimum Gasteiger partial charge on any atom is -0.464 e. The number of imide groups is 1. The Kier molecular flexibility index (Phi) is 3.97. The van der Waals surface area contributed by atoms with Crippen LogP contribution in [0.4, 0.5) is 4.79 Å². The number of carbonyl (C=O) groups excluding carboxylic acids is 3. The number of ether oxygens (including phenoxy) is 1. The third-order valence-corrected chi connectivity index (χ3v) is 4.03. The van der Waals surface area contributed by atoms with Crippen molar-refractivity contribution in [3.8, 4) is 0 Å². The first-order valence-corrected chi connectivity index (χ1v) is 7.53. The Hall–Kier alpha value is -1.63. The molecule has 2 aliphatic rings. The molecule has 7 nitrogen and oxygen atoms in total. The zero-order valence-electron chi connectivity index (χ0n) is 13.9. The van der Waals surface area contributed by atoms with Crippen LogP contribution in [-0.4, -0.2) is 52.6 Å². The van der Waals surface area contributed by atoms with Crippen LogP contribution in [0.5, 0.6) is 0 Å². The Morgan fingerprint density at radius 2 is 1.73 bits per heavy atom. The van der Waals surface area contributed by atoms with Crippen molar-refractivity contribution in [3.05, 3.63) is 0 Å². The number of carbonyl (C=O) groups is 3. The third kappa shape index (κ3) is 3.24. The number of esters is 1. The van der Waals surface area contributed by atoms with E-state index in [9.17, 15) is 14.4 Å². The van der Waals surface area contributed by atoms with Crippen LogP contribution in [0.15, 0.2) is 0 Å². The van der Waals surface area contributed by atoms with E-state index in [4.69, 9.17) is 4.74 Å². The first-order chi connectivity index (χ1) is 9.96. The second kappa shape index (κ2) is 5.22. The molecule has 0 aromatic rings. The maximum Gasteiger partial charge on any atom is 0.325 e. The number of hydrogen-bond donors (Lipinski definition) is 2. The molecule has 3 amide bonds. The van der Waals surface area contributed by atoms with Gasteiger partial charge in [-0.3, -0.25) is 14.5 Å². The van der Waals surface area contributed by atoms with Gasteiger partial charge in [0.1, 0.15) is 12.1 Å². The number of nitrogens with one attached hydrogen (secondary N) is 2. The van der Waals surface area contributed by atoms with E-state index in [1.807, 2.05) is 27.7 Å². The Bertz CT molecular complexity index is 497. The summed E-state index contributed by atoms with van der Waals surface area (Å²) in [6, 6.07) is -0.411. The van der Waals surface area contributed by atoms with Crippen molar-refractivity contribution in [2.45, 2.75) is 64.1 Å². The van der Waals surface area contributed by atoms with E-state index >= 15 is 0 Å². The second-order valence-electron chi connectivity index (χ2n) is 7.56. The molecule has 0 radical (unpaired) electrons. The molecule has 2 N–H and O–H groups in total. The first-order valence-electron chi connectivity index (χ1n) is 7.53. The quantitative estimate of drug-likeness (QED) is 0.594. The van der Waals surface area contributed by atoms with Crippen molar-refractivity contribution in [1.29, 1.82) is 0 Å². The van der Waals surface area contributed by atoms with Crippen molar-refractivity contribution >= 4 is 17.9 Å². The molecule has 2 saturated heterocycles. The largest absolute Gasteiger partial charge is 0.464 e. The molecule has 1 spiro atoms. The van der Waals surface area contributed by atoms with Gasteiger partial charge in [-0.1, -0.05) is 0 Å². The second-order valence-corrected chi connectivity index (χ2v) is 7.56. The van der Waals surface area contributed by atoms with Crippen molar-refractivity contribution in [2.24, 2.45) is 0 Å². The van der Waals surface area contributed by atoms with Crippen molar-refractivity contribution in [3.63, 3.8) is 0 Å². The standard InChI is InChI=1S/C15H25N3O4/c1-10(19)22-7-6-18-11(20)15(16-12(18)21)8-13(2,3)17-14(4,5)9-15/h17H,6-9H2,1-5H3,(H,16,21). The highest BCUT2D eigenvalue weighted by atomic mass is 16.5. The lowest BCUT2D eigenvalue weighted by Crippen LogP contribution is -2.68. The van der Waals surface area contributed by atoms with Gasteiger partial charge >= 0.3 is 12.0 Å². The Balaban J connectivity index is 2.17. The van der Waals surface area contributed by atoms with Crippen molar-refractivity contribution < 1.29 is 19.1 Å². The lowest BCUT2D eigenvalue weighted by Gasteiger charge is -2.50. The minimum atomic E-state index is -0.883. The van der Waals surface area contributed by atoms with Crippen LogP contribution in [0.1, 0.15) is 47.5 Å². The normalized spacial score (nSPS) is 25.2. The summed E-state index contributed by atoms with van der Waals surface area (Å²) in [7, 11) is 0. The van der Waals surface area contributed by atoms with Gasteiger partial charge in [-0.05, 0) is 40.5 Å². The van der Waals surface area contributed by atoms with Gasteiger partial charge in [-0.25, -0.2) is 4.79 Å². The zero-order valence-corrected chi connectivity index (χ0v) is 13.9. The topological polar surface area (TPSA) is 87.7 Å². The van der Waals surface area contributed by atoms with Gasteiger partial charge in [0, 0.05) is 18.0 Å². The molecule has 2 rings (SSSR count). The Morgan fingerprint density at radius 1 is 1.18 bits per heavy atom. The predicted octanol–water partition coefficient (Wildman–Crippen LogP) is 0.781. The average molecular weight is 311 g/mol. The number of amides is 3. The monoisotopic (exact) mass is 311 g/mol. The minimum absolute atomic E-state index is 0.0234. The number of nitrogens with zero attached hydrogens (tertiary/aromatic N) is 1. The molecule has 22 heavy (non-hydrogen) atoms. The summed E-state index contributed by atoms with van der Waals surface area (Å²) >= 11 is 0. The van der Waals surface area contributed by atoms with Crippen LogP contribution < -0.4 is 10.6 Å². The number of hydrogen-bond acceptors (Lipinski definition) is 5. The summed E-state index contributed by atoms with van der Waals surface area (Å²) < 4.78 is 4.83. The Morgan fingerprint density at radius 3 is 2.23 bits per heavy atom. The van der Waals surface area contributed by atoms with Gasteiger partial charge < -0.3 is 15.4 Å². The highest BCUT2D eigenvalue weighted by Gasteiger charge is 2.58. The Labute approximate surface area is 130 Å². The molecule has 0 aliphatic carbocycles. The molecule has 7 heteroatoms. The summed E-state index contributed by atoms with van der Waals surface area (Å²) in [5.74, 6) is -0.654. The van der Waals surface area contributed by atoms with E-state index in [0.717, 1.165) is 4.90 Å². The van der Waals surface area contributed by atoms with Crippen LogP contribution in [0.3, 0.4) is 0 Å². The van der Waals surface area contributed by atoms with E-state index in [-0.39, 0.29) is 30.1 Å². The molecule has 2 heterocycles.